The molecule has 0 bridgehead atoms. The molecule has 0 unspecified atom stereocenters. The van der Waals surface area contributed by atoms with Crippen molar-refractivity contribution in [1.82, 2.24) is 10.1 Å². The Morgan fingerprint density at radius 2 is 2.00 bits per heavy atom. The summed E-state index contributed by atoms with van der Waals surface area (Å²) >= 11 is 0. The van der Waals surface area contributed by atoms with E-state index in [1.54, 1.807) is 11.9 Å². The average molecular weight is 356 g/mol. The fourth-order valence-corrected chi connectivity index (χ4v) is 3.29. The summed E-state index contributed by atoms with van der Waals surface area (Å²) in [5.74, 6) is -0.166. The Labute approximate surface area is 152 Å². The Morgan fingerprint density at radius 1 is 1.27 bits per heavy atom. The zero-order valence-electron chi connectivity index (χ0n) is 15.0. The number of carbonyl (C=O) groups is 2. The molecule has 0 atom stereocenters. The second-order valence-electron chi connectivity index (χ2n) is 7.08. The zero-order valence-corrected chi connectivity index (χ0v) is 15.0. The topological polar surface area (TPSA) is 83.6 Å². The lowest BCUT2D eigenvalue weighted by Crippen LogP contribution is -2.43. The van der Waals surface area contributed by atoms with Crippen molar-refractivity contribution in [3.63, 3.8) is 0 Å². The number of aryl methyl sites for hydroxylation is 1. The molecule has 6 heteroatoms. The van der Waals surface area contributed by atoms with E-state index in [0.29, 0.717) is 25.8 Å². The quantitative estimate of drug-likeness (QED) is 0.784. The summed E-state index contributed by atoms with van der Waals surface area (Å²) in [5, 5.41) is 13.4. The second kappa shape index (κ2) is 7.72. The highest BCUT2D eigenvalue weighted by atomic mass is 16.5. The van der Waals surface area contributed by atoms with Gasteiger partial charge in [0, 0.05) is 38.1 Å². The molecular formula is C20H24N2O4. The van der Waals surface area contributed by atoms with Gasteiger partial charge in [0.15, 0.2) is 0 Å². The number of rotatable bonds is 8. The molecule has 2 aromatic rings. The van der Waals surface area contributed by atoms with E-state index in [9.17, 15) is 14.7 Å². The standard InChI is InChI=1S/C20H24N2O4/c1-22(18(23)14-20(19(24)25)10-6-11-20)12-5-9-16-13-17(21-26-16)15-7-3-2-4-8-15/h2-4,7-8,13H,5-6,9-12,14H2,1H3,(H,24,25). The number of hydrogen-bond donors (Lipinski definition) is 1. The lowest BCUT2D eigenvalue weighted by atomic mass is 9.66. The minimum atomic E-state index is -0.847. The highest BCUT2D eigenvalue weighted by molar-refractivity contribution is 5.85. The van der Waals surface area contributed by atoms with Crippen molar-refractivity contribution in [2.75, 3.05) is 13.6 Å². The van der Waals surface area contributed by atoms with Crippen molar-refractivity contribution in [3.8, 4) is 11.3 Å². The van der Waals surface area contributed by atoms with Gasteiger partial charge in [-0.2, -0.15) is 0 Å². The molecule has 1 heterocycles. The van der Waals surface area contributed by atoms with Crippen molar-refractivity contribution >= 4 is 11.9 Å². The van der Waals surface area contributed by atoms with Gasteiger partial charge in [-0.25, -0.2) is 0 Å². The molecule has 0 saturated heterocycles. The molecule has 1 saturated carbocycles. The van der Waals surface area contributed by atoms with Crippen LogP contribution in [0.1, 0.15) is 37.9 Å². The maximum absolute atomic E-state index is 12.3. The van der Waals surface area contributed by atoms with E-state index in [4.69, 9.17) is 4.52 Å². The number of carbonyl (C=O) groups excluding carboxylic acids is 1. The first-order chi connectivity index (χ1) is 12.5. The molecule has 1 aromatic carbocycles. The first-order valence-electron chi connectivity index (χ1n) is 8.99. The molecule has 1 fully saturated rings. The maximum Gasteiger partial charge on any atom is 0.310 e. The van der Waals surface area contributed by atoms with Crippen molar-refractivity contribution in [2.24, 2.45) is 5.41 Å². The Hall–Kier alpha value is -2.63. The normalized spacial score (nSPS) is 15.3. The molecule has 1 N–H and O–H groups in total. The number of carboxylic acids is 1. The predicted octanol–water partition coefficient (Wildman–Crippen LogP) is 3.38. The van der Waals surface area contributed by atoms with Crippen LogP contribution in [0.3, 0.4) is 0 Å². The number of hydrogen-bond acceptors (Lipinski definition) is 4. The molecule has 6 nitrogen and oxygen atoms in total. The van der Waals surface area contributed by atoms with Gasteiger partial charge in [0.1, 0.15) is 11.5 Å². The third-order valence-corrected chi connectivity index (χ3v) is 5.22. The van der Waals surface area contributed by atoms with Gasteiger partial charge in [-0.3, -0.25) is 9.59 Å². The minimum absolute atomic E-state index is 0.0965. The van der Waals surface area contributed by atoms with Crippen LogP contribution in [0.25, 0.3) is 11.3 Å². The lowest BCUT2D eigenvalue weighted by molar-refractivity contribution is -0.159. The van der Waals surface area contributed by atoms with Crippen molar-refractivity contribution < 1.29 is 19.2 Å². The van der Waals surface area contributed by atoms with Gasteiger partial charge >= 0.3 is 5.97 Å². The minimum Gasteiger partial charge on any atom is -0.481 e. The molecule has 0 spiro atoms. The summed E-state index contributed by atoms with van der Waals surface area (Å²) in [6.45, 7) is 0.565. The fourth-order valence-electron chi connectivity index (χ4n) is 3.29. The molecule has 3 rings (SSSR count). The van der Waals surface area contributed by atoms with Gasteiger partial charge in [0.25, 0.3) is 0 Å². The van der Waals surface area contributed by atoms with Crippen LogP contribution in [0, 0.1) is 5.41 Å². The van der Waals surface area contributed by atoms with Crippen LogP contribution in [-0.4, -0.2) is 40.6 Å². The molecular weight excluding hydrogens is 332 g/mol. The summed E-state index contributed by atoms with van der Waals surface area (Å²) in [7, 11) is 1.73. The highest BCUT2D eigenvalue weighted by Crippen LogP contribution is 2.44. The van der Waals surface area contributed by atoms with Crippen LogP contribution in [0.5, 0.6) is 0 Å². The Kier molecular flexibility index (Phi) is 5.40. The SMILES string of the molecule is CN(CCCc1cc(-c2ccccc2)no1)C(=O)CC1(C(=O)O)CCC1. The second-order valence-corrected chi connectivity index (χ2v) is 7.08. The summed E-state index contributed by atoms with van der Waals surface area (Å²) in [6.07, 6.45) is 3.61. The third kappa shape index (κ3) is 3.95. The number of nitrogens with zero attached hydrogens (tertiary/aromatic N) is 2. The third-order valence-electron chi connectivity index (χ3n) is 5.22. The van der Waals surface area contributed by atoms with E-state index >= 15 is 0 Å². The van der Waals surface area contributed by atoms with Crippen LogP contribution in [-0.2, 0) is 16.0 Å². The van der Waals surface area contributed by atoms with Gasteiger partial charge in [0.05, 0.1) is 5.41 Å². The molecule has 1 aliphatic carbocycles. The first-order valence-corrected chi connectivity index (χ1v) is 8.99. The summed E-state index contributed by atoms with van der Waals surface area (Å²) in [6, 6.07) is 11.7. The van der Waals surface area contributed by atoms with Gasteiger partial charge in [-0.05, 0) is 19.3 Å². The monoisotopic (exact) mass is 356 g/mol. The number of aromatic nitrogens is 1. The maximum atomic E-state index is 12.3. The van der Waals surface area contributed by atoms with E-state index in [1.807, 2.05) is 36.4 Å². The largest absolute Gasteiger partial charge is 0.481 e. The highest BCUT2D eigenvalue weighted by Gasteiger charge is 2.46. The zero-order chi connectivity index (χ0) is 18.6. The average Bonchev–Trinajstić information content (AvgIpc) is 3.07. The number of benzene rings is 1. The number of aliphatic carboxylic acids is 1. The molecule has 0 radical (unpaired) electrons. The summed E-state index contributed by atoms with van der Waals surface area (Å²) < 4.78 is 5.37. The van der Waals surface area contributed by atoms with Crippen LogP contribution < -0.4 is 0 Å². The van der Waals surface area contributed by atoms with E-state index in [0.717, 1.165) is 29.9 Å². The predicted molar refractivity (Wildman–Crippen MR) is 96.4 cm³/mol. The van der Waals surface area contributed by atoms with Gasteiger partial charge in [-0.1, -0.05) is 41.9 Å². The Bertz CT molecular complexity index is 765. The van der Waals surface area contributed by atoms with Crippen molar-refractivity contribution in [3.05, 3.63) is 42.2 Å². The molecule has 26 heavy (non-hydrogen) atoms. The molecule has 1 amide bonds. The molecule has 0 aliphatic heterocycles. The number of carboxylic acid groups (broad SMARTS) is 1. The van der Waals surface area contributed by atoms with Crippen LogP contribution in [0.2, 0.25) is 0 Å². The van der Waals surface area contributed by atoms with Crippen LogP contribution in [0.15, 0.2) is 40.9 Å². The molecule has 1 aromatic heterocycles. The first kappa shape index (κ1) is 18.2. The Morgan fingerprint density at radius 3 is 2.62 bits per heavy atom. The smallest absolute Gasteiger partial charge is 0.310 e. The lowest BCUT2D eigenvalue weighted by Gasteiger charge is -2.38. The van der Waals surface area contributed by atoms with E-state index in [2.05, 4.69) is 5.16 Å². The van der Waals surface area contributed by atoms with Gasteiger partial charge in [-0.15, -0.1) is 0 Å². The van der Waals surface area contributed by atoms with Gasteiger partial charge < -0.3 is 14.5 Å². The van der Waals surface area contributed by atoms with Crippen molar-refractivity contribution in [2.45, 2.75) is 38.5 Å². The molecule has 1 aliphatic rings. The summed E-state index contributed by atoms with van der Waals surface area (Å²) in [5.41, 5.74) is 0.980. The van der Waals surface area contributed by atoms with E-state index in [-0.39, 0.29) is 12.3 Å². The Balaban J connectivity index is 1.46. The van der Waals surface area contributed by atoms with Crippen molar-refractivity contribution in [1.29, 1.82) is 0 Å². The van der Waals surface area contributed by atoms with Gasteiger partial charge in [0.2, 0.25) is 5.91 Å². The van der Waals surface area contributed by atoms with Crippen LogP contribution in [0.4, 0.5) is 0 Å². The van der Waals surface area contributed by atoms with E-state index < -0.39 is 11.4 Å². The van der Waals surface area contributed by atoms with Crippen LogP contribution >= 0.6 is 0 Å². The molecule has 138 valence electrons. The number of amides is 1. The fraction of sp³-hybridized carbons (Fsp3) is 0.450. The van der Waals surface area contributed by atoms with E-state index in [1.165, 1.54) is 0 Å². The summed E-state index contributed by atoms with van der Waals surface area (Å²) in [4.78, 5) is 25.3.